The van der Waals surface area contributed by atoms with Gasteiger partial charge in [-0.25, -0.2) is 0 Å². The van der Waals surface area contributed by atoms with Crippen molar-refractivity contribution in [2.75, 3.05) is 7.11 Å². The standard InChI is InChI=1S/C16H13OS/c1-17-14-8-5-9-16-13(14)10-11-15(18-16)12-6-3-2-4-7-12/h2-11H,1H3/q+1. The van der Waals surface area contributed by atoms with Crippen LogP contribution in [-0.4, -0.2) is 7.11 Å². The molecule has 1 aliphatic heterocycles. The highest BCUT2D eigenvalue weighted by molar-refractivity contribution is 7.18. The molecule has 0 radical (unpaired) electrons. The van der Waals surface area contributed by atoms with Crippen LogP contribution in [0.15, 0.2) is 65.1 Å². The van der Waals surface area contributed by atoms with Crippen molar-refractivity contribution in [3.63, 3.8) is 0 Å². The first-order valence-corrected chi connectivity index (χ1v) is 6.65. The average Bonchev–Trinajstić information content (AvgIpc) is 2.47. The molecule has 0 spiro atoms. The van der Waals surface area contributed by atoms with Gasteiger partial charge in [0.15, 0.2) is 0 Å². The number of hydrogen-bond acceptors (Lipinski definition) is 1. The van der Waals surface area contributed by atoms with E-state index in [0.29, 0.717) is 0 Å². The summed E-state index contributed by atoms with van der Waals surface area (Å²) >= 11 is 1.79. The molecule has 88 valence electrons. The maximum atomic E-state index is 5.38. The van der Waals surface area contributed by atoms with Gasteiger partial charge in [-0.05, 0) is 23.8 Å². The van der Waals surface area contributed by atoms with Crippen molar-refractivity contribution in [1.82, 2.24) is 0 Å². The summed E-state index contributed by atoms with van der Waals surface area (Å²) in [5.41, 5.74) is 3.36. The molecule has 0 N–H and O–H groups in total. The molecule has 1 aromatic carbocycles. The summed E-state index contributed by atoms with van der Waals surface area (Å²) in [5, 5.41) is 0. The Morgan fingerprint density at radius 3 is 2.39 bits per heavy atom. The van der Waals surface area contributed by atoms with Crippen LogP contribution in [0.4, 0.5) is 0 Å². The van der Waals surface area contributed by atoms with E-state index in [9.17, 15) is 0 Å². The maximum Gasteiger partial charge on any atom is 0.351 e. The molecule has 1 aliphatic carbocycles. The molecule has 0 atom stereocenters. The Hall–Kier alpha value is -1.93. The van der Waals surface area contributed by atoms with E-state index in [-0.39, 0.29) is 0 Å². The highest BCUT2D eigenvalue weighted by atomic mass is 32.1. The van der Waals surface area contributed by atoms with Crippen LogP contribution in [-0.2, 0) is 0 Å². The van der Waals surface area contributed by atoms with Crippen molar-refractivity contribution in [2.45, 2.75) is 0 Å². The van der Waals surface area contributed by atoms with Gasteiger partial charge >= 0.3 is 5.43 Å². The summed E-state index contributed by atoms with van der Waals surface area (Å²) < 4.78 is 5.38. The minimum atomic E-state index is 0.934. The number of hydrogen-bond donors (Lipinski definition) is 0. The van der Waals surface area contributed by atoms with Crippen LogP contribution in [0.3, 0.4) is 0 Å². The molecule has 1 heterocycles. The summed E-state index contributed by atoms with van der Waals surface area (Å²) in [5.74, 6) is 0. The molecule has 2 aliphatic rings. The highest BCUT2D eigenvalue weighted by Gasteiger charge is 2.11. The quantitative estimate of drug-likeness (QED) is 0.580. The summed E-state index contributed by atoms with van der Waals surface area (Å²) in [6.07, 6.45) is 0. The summed E-state index contributed by atoms with van der Waals surface area (Å²) in [4.78, 5) is 2.52. The van der Waals surface area contributed by atoms with E-state index in [1.165, 1.54) is 20.9 Å². The second-order valence-electron chi connectivity index (χ2n) is 4.04. The Morgan fingerprint density at radius 1 is 0.778 bits per heavy atom. The normalized spacial score (nSPS) is 11.9. The fourth-order valence-electron chi connectivity index (χ4n) is 2.02. The van der Waals surface area contributed by atoms with Gasteiger partial charge in [0.1, 0.15) is 0 Å². The van der Waals surface area contributed by atoms with Crippen molar-refractivity contribution in [2.24, 2.45) is 0 Å². The lowest BCUT2D eigenvalue weighted by Gasteiger charge is -2.05. The van der Waals surface area contributed by atoms with Crippen molar-refractivity contribution in [1.29, 1.82) is 0 Å². The van der Waals surface area contributed by atoms with Crippen LogP contribution in [0.25, 0.3) is 20.9 Å². The molecule has 0 unspecified atom stereocenters. The molecule has 3 rings (SSSR count). The second-order valence-corrected chi connectivity index (χ2v) is 5.12. The van der Waals surface area contributed by atoms with E-state index in [4.69, 9.17) is 4.42 Å². The molecule has 2 heteroatoms. The molecule has 0 aromatic heterocycles. The molecule has 0 saturated heterocycles. The molecule has 18 heavy (non-hydrogen) atoms. The monoisotopic (exact) mass is 253 g/mol. The first kappa shape index (κ1) is 11.2. The van der Waals surface area contributed by atoms with Crippen molar-refractivity contribution in [3.05, 3.63) is 70.5 Å². The summed E-state index contributed by atoms with van der Waals surface area (Å²) in [6.45, 7) is 0. The third-order valence-corrected chi connectivity index (χ3v) is 4.09. The van der Waals surface area contributed by atoms with Gasteiger partial charge in [-0.2, -0.15) is 0 Å². The Balaban J connectivity index is 2.22. The zero-order valence-electron chi connectivity index (χ0n) is 10.1. The van der Waals surface area contributed by atoms with Gasteiger partial charge in [-0.1, -0.05) is 36.4 Å². The van der Waals surface area contributed by atoms with Gasteiger partial charge in [0.25, 0.3) is 7.11 Å². The molecular weight excluding hydrogens is 240 g/mol. The Kier molecular flexibility index (Phi) is 2.95. The van der Waals surface area contributed by atoms with Crippen LogP contribution in [0.2, 0.25) is 0 Å². The van der Waals surface area contributed by atoms with E-state index in [1.54, 1.807) is 18.4 Å². The highest BCUT2D eigenvalue weighted by Crippen LogP contribution is 2.32. The summed E-state index contributed by atoms with van der Waals surface area (Å²) in [6, 6.07) is 20.9. The van der Waals surface area contributed by atoms with Crippen LogP contribution in [0.5, 0.6) is 0 Å². The van der Waals surface area contributed by atoms with E-state index < -0.39 is 0 Å². The number of fused-ring (bicyclic) bond motifs is 1. The summed E-state index contributed by atoms with van der Waals surface area (Å²) in [7, 11) is 1.71. The van der Waals surface area contributed by atoms with E-state index in [0.717, 1.165) is 5.43 Å². The van der Waals surface area contributed by atoms with Crippen molar-refractivity contribution in [3.8, 4) is 20.9 Å². The molecular formula is C16H13OS+. The zero-order chi connectivity index (χ0) is 12.4. The molecule has 1 nitrogen and oxygen atoms in total. The largest absolute Gasteiger partial charge is 0.351 e. The van der Waals surface area contributed by atoms with Crippen LogP contribution >= 0.6 is 11.3 Å². The fourth-order valence-corrected chi connectivity index (χ4v) is 3.08. The molecule has 0 bridgehead atoms. The van der Waals surface area contributed by atoms with Gasteiger partial charge in [0, 0.05) is 15.8 Å². The van der Waals surface area contributed by atoms with Gasteiger partial charge in [0.2, 0.25) is 0 Å². The van der Waals surface area contributed by atoms with Crippen molar-refractivity contribution < 1.29 is 0 Å². The third-order valence-electron chi connectivity index (χ3n) is 2.93. The Morgan fingerprint density at radius 2 is 1.61 bits per heavy atom. The second kappa shape index (κ2) is 4.75. The minimum Gasteiger partial charge on any atom is -0.257 e. The first-order chi connectivity index (χ1) is 8.88. The topological polar surface area (TPSA) is 11.3 Å². The first-order valence-electron chi connectivity index (χ1n) is 5.84. The predicted octanol–water partition coefficient (Wildman–Crippen LogP) is 4.05. The lowest BCUT2D eigenvalue weighted by molar-refractivity contribution is 1.49. The van der Waals surface area contributed by atoms with Gasteiger partial charge in [-0.3, -0.25) is 4.42 Å². The molecule has 0 fully saturated rings. The Bertz CT molecular complexity index is 698. The molecule has 0 saturated carbocycles. The molecule has 1 aromatic rings. The van der Waals surface area contributed by atoms with E-state index in [2.05, 4.69) is 42.5 Å². The van der Waals surface area contributed by atoms with Crippen molar-refractivity contribution >= 4 is 11.3 Å². The molecule has 0 amide bonds. The lowest BCUT2D eigenvalue weighted by Crippen LogP contribution is -2.04. The van der Waals surface area contributed by atoms with Crippen LogP contribution < -0.4 is 5.43 Å². The lowest BCUT2D eigenvalue weighted by atomic mass is 10.1. The Labute approximate surface area is 110 Å². The van der Waals surface area contributed by atoms with E-state index in [1.807, 2.05) is 18.2 Å². The zero-order valence-corrected chi connectivity index (χ0v) is 10.9. The van der Waals surface area contributed by atoms with Crippen LogP contribution in [0.1, 0.15) is 0 Å². The third kappa shape index (κ3) is 1.95. The van der Waals surface area contributed by atoms with Gasteiger partial charge in [0.05, 0.1) is 5.56 Å². The fraction of sp³-hybridized carbons (Fsp3) is 0.0625. The maximum absolute atomic E-state index is 5.38. The van der Waals surface area contributed by atoms with Gasteiger partial charge < -0.3 is 0 Å². The smallest absolute Gasteiger partial charge is 0.257 e. The predicted molar refractivity (Wildman–Crippen MR) is 78.6 cm³/mol. The SMILES string of the molecule is C[O+]=c1cccc2sc(-c3ccccc3)ccc1-2. The number of rotatable bonds is 1. The average molecular weight is 253 g/mol. The minimum absolute atomic E-state index is 0.934. The van der Waals surface area contributed by atoms with E-state index >= 15 is 0 Å². The van der Waals surface area contributed by atoms with Gasteiger partial charge in [-0.15, -0.1) is 11.3 Å². The van der Waals surface area contributed by atoms with Crippen LogP contribution in [0, 0.1) is 0 Å². The number of benzene rings is 2.